The van der Waals surface area contributed by atoms with Gasteiger partial charge in [0.05, 0.1) is 0 Å². The largest absolute Gasteiger partial charge is 0.355 e. The minimum atomic E-state index is 1.07. The minimum absolute atomic E-state index is 1.07. The second-order valence-corrected chi connectivity index (χ2v) is 2.57. The van der Waals surface area contributed by atoms with Crippen molar-refractivity contribution in [3.05, 3.63) is 53.6 Å². The van der Waals surface area contributed by atoms with Gasteiger partial charge in [0, 0.05) is 17.0 Å². The third kappa shape index (κ3) is 0.866. The smallest absolute Gasteiger partial charge is 0.0447 e. The van der Waals surface area contributed by atoms with E-state index in [-0.39, 0.29) is 0 Å². The number of hydrogen-bond acceptors (Lipinski definition) is 1. The standard InChI is InChI=1S/C10H9N/c1-2-3-6-9-8-5-4-7-10(8)11-9/h3-4,6-7,11H,1,5H2/b9-6-. The van der Waals surface area contributed by atoms with Crippen molar-refractivity contribution < 1.29 is 0 Å². The zero-order valence-corrected chi connectivity index (χ0v) is 6.22. The highest BCUT2D eigenvalue weighted by atomic mass is 15.0. The molecule has 2 aliphatic rings. The molecule has 2 rings (SSSR count). The van der Waals surface area contributed by atoms with Crippen molar-refractivity contribution in [2.24, 2.45) is 0 Å². The predicted octanol–water partition coefficient (Wildman–Crippen LogP) is 2.03. The molecule has 1 nitrogen and oxygen atoms in total. The van der Waals surface area contributed by atoms with Gasteiger partial charge in [-0.1, -0.05) is 12.7 Å². The molecule has 0 spiro atoms. The van der Waals surface area contributed by atoms with E-state index in [0.717, 1.165) is 6.42 Å². The van der Waals surface area contributed by atoms with Crippen LogP contribution in [0.3, 0.4) is 0 Å². The van der Waals surface area contributed by atoms with Crippen LogP contribution in [0, 0.1) is 0 Å². The van der Waals surface area contributed by atoms with Gasteiger partial charge in [-0.25, -0.2) is 0 Å². The quantitative estimate of drug-likeness (QED) is 0.554. The van der Waals surface area contributed by atoms with Crippen LogP contribution in [-0.2, 0) is 0 Å². The molecule has 1 aliphatic heterocycles. The van der Waals surface area contributed by atoms with Gasteiger partial charge in [0.2, 0.25) is 0 Å². The Kier molecular flexibility index (Phi) is 1.31. The van der Waals surface area contributed by atoms with E-state index >= 15 is 0 Å². The Balaban J connectivity index is 2.21. The normalized spacial score (nSPS) is 22.4. The van der Waals surface area contributed by atoms with Crippen molar-refractivity contribution in [2.45, 2.75) is 6.42 Å². The minimum Gasteiger partial charge on any atom is -0.355 e. The van der Waals surface area contributed by atoms with Crippen molar-refractivity contribution in [3.8, 4) is 0 Å². The van der Waals surface area contributed by atoms with Gasteiger partial charge in [0.15, 0.2) is 0 Å². The van der Waals surface area contributed by atoms with E-state index < -0.39 is 0 Å². The highest BCUT2D eigenvalue weighted by molar-refractivity contribution is 5.55. The Morgan fingerprint density at radius 3 is 3.27 bits per heavy atom. The molecule has 0 aromatic heterocycles. The summed E-state index contributed by atoms with van der Waals surface area (Å²) in [6, 6.07) is 0. The second-order valence-electron chi connectivity index (χ2n) is 2.57. The average molecular weight is 143 g/mol. The molecular formula is C10H9N. The fraction of sp³-hybridized carbons (Fsp3) is 0.100. The fourth-order valence-corrected chi connectivity index (χ4v) is 1.32. The second kappa shape index (κ2) is 2.30. The van der Waals surface area contributed by atoms with Crippen molar-refractivity contribution >= 4 is 0 Å². The lowest BCUT2D eigenvalue weighted by Crippen LogP contribution is -2.23. The number of nitrogens with one attached hydrogen (secondary N) is 1. The van der Waals surface area contributed by atoms with Crippen LogP contribution in [0.15, 0.2) is 53.6 Å². The Bertz CT molecular complexity index is 323. The summed E-state index contributed by atoms with van der Waals surface area (Å²) in [4.78, 5) is 0. The summed E-state index contributed by atoms with van der Waals surface area (Å²) in [5, 5.41) is 3.23. The predicted molar refractivity (Wildman–Crippen MR) is 45.7 cm³/mol. The van der Waals surface area contributed by atoms with Crippen molar-refractivity contribution in [1.82, 2.24) is 5.32 Å². The maximum Gasteiger partial charge on any atom is 0.0447 e. The molecule has 0 saturated heterocycles. The SMILES string of the molecule is C=C=C/C=C1\NC2=C1CC=C2. The van der Waals surface area contributed by atoms with Gasteiger partial charge in [-0.3, -0.25) is 0 Å². The van der Waals surface area contributed by atoms with Crippen LogP contribution in [-0.4, -0.2) is 0 Å². The van der Waals surface area contributed by atoms with Gasteiger partial charge in [0.1, 0.15) is 0 Å². The van der Waals surface area contributed by atoms with Crippen LogP contribution < -0.4 is 5.32 Å². The van der Waals surface area contributed by atoms with Gasteiger partial charge >= 0.3 is 0 Å². The Labute approximate surface area is 66.1 Å². The topological polar surface area (TPSA) is 12.0 Å². The van der Waals surface area contributed by atoms with Crippen LogP contribution >= 0.6 is 0 Å². The maximum atomic E-state index is 3.49. The first kappa shape index (κ1) is 6.26. The molecule has 0 atom stereocenters. The molecule has 1 aliphatic carbocycles. The molecule has 0 radical (unpaired) electrons. The Morgan fingerprint density at radius 2 is 2.55 bits per heavy atom. The average Bonchev–Trinajstić information content (AvgIpc) is 2.33. The summed E-state index contributed by atoms with van der Waals surface area (Å²) >= 11 is 0. The van der Waals surface area contributed by atoms with E-state index in [2.05, 4.69) is 29.8 Å². The van der Waals surface area contributed by atoms with Crippen LogP contribution in [0.1, 0.15) is 6.42 Å². The van der Waals surface area contributed by atoms with Crippen LogP contribution in [0.25, 0.3) is 0 Å². The molecule has 0 amide bonds. The van der Waals surface area contributed by atoms with E-state index in [4.69, 9.17) is 0 Å². The fourth-order valence-electron chi connectivity index (χ4n) is 1.32. The molecule has 1 heterocycles. The number of allylic oxidation sites excluding steroid dienone is 5. The highest BCUT2D eigenvalue weighted by Crippen LogP contribution is 2.31. The molecule has 0 fully saturated rings. The van der Waals surface area contributed by atoms with Gasteiger partial charge in [0.25, 0.3) is 0 Å². The summed E-state index contributed by atoms with van der Waals surface area (Å²) in [6.07, 6.45) is 9.17. The Hall–Kier alpha value is -1.46. The molecule has 0 aromatic rings. The molecule has 0 aromatic carbocycles. The third-order valence-electron chi connectivity index (χ3n) is 1.89. The van der Waals surface area contributed by atoms with Crippen molar-refractivity contribution in [2.75, 3.05) is 0 Å². The summed E-state index contributed by atoms with van der Waals surface area (Å²) in [5.74, 6) is 0. The zero-order chi connectivity index (χ0) is 7.68. The van der Waals surface area contributed by atoms with E-state index in [1.54, 1.807) is 0 Å². The molecule has 0 bridgehead atoms. The van der Waals surface area contributed by atoms with E-state index in [0.29, 0.717) is 0 Å². The monoisotopic (exact) mass is 143 g/mol. The maximum absolute atomic E-state index is 3.49. The van der Waals surface area contributed by atoms with Crippen LogP contribution in [0.2, 0.25) is 0 Å². The molecule has 0 unspecified atom stereocenters. The molecule has 1 N–H and O–H groups in total. The molecule has 11 heavy (non-hydrogen) atoms. The van der Waals surface area contributed by atoms with E-state index in [9.17, 15) is 0 Å². The first-order valence-electron chi connectivity index (χ1n) is 3.65. The summed E-state index contributed by atoms with van der Waals surface area (Å²) in [6.45, 7) is 3.49. The number of hydrogen-bond donors (Lipinski definition) is 1. The van der Waals surface area contributed by atoms with Gasteiger partial charge in [-0.2, -0.15) is 0 Å². The lowest BCUT2D eigenvalue weighted by Gasteiger charge is -2.23. The van der Waals surface area contributed by atoms with E-state index in [1.165, 1.54) is 17.0 Å². The molecular weight excluding hydrogens is 134 g/mol. The van der Waals surface area contributed by atoms with Crippen LogP contribution in [0.4, 0.5) is 0 Å². The molecule has 1 heteroatoms. The van der Waals surface area contributed by atoms with Gasteiger partial charge in [-0.05, 0) is 24.6 Å². The van der Waals surface area contributed by atoms with E-state index in [1.807, 2.05) is 12.2 Å². The third-order valence-corrected chi connectivity index (χ3v) is 1.89. The van der Waals surface area contributed by atoms with Crippen molar-refractivity contribution in [3.63, 3.8) is 0 Å². The summed E-state index contributed by atoms with van der Waals surface area (Å²) in [7, 11) is 0. The van der Waals surface area contributed by atoms with Gasteiger partial charge in [-0.15, -0.1) is 5.73 Å². The van der Waals surface area contributed by atoms with Crippen molar-refractivity contribution in [1.29, 1.82) is 0 Å². The first-order chi connectivity index (χ1) is 5.42. The van der Waals surface area contributed by atoms with Gasteiger partial charge < -0.3 is 5.32 Å². The Morgan fingerprint density at radius 1 is 1.64 bits per heavy atom. The summed E-state index contributed by atoms with van der Waals surface area (Å²) < 4.78 is 0. The lowest BCUT2D eigenvalue weighted by atomic mass is 10.0. The first-order valence-corrected chi connectivity index (χ1v) is 3.65. The van der Waals surface area contributed by atoms with Crippen LogP contribution in [0.5, 0.6) is 0 Å². The lowest BCUT2D eigenvalue weighted by molar-refractivity contribution is 0.894. The number of rotatable bonds is 1. The summed E-state index contributed by atoms with van der Waals surface area (Å²) in [5.41, 5.74) is 6.61. The molecule has 54 valence electrons. The zero-order valence-electron chi connectivity index (χ0n) is 6.22. The molecule has 0 saturated carbocycles. The highest BCUT2D eigenvalue weighted by Gasteiger charge is 2.21.